The summed E-state index contributed by atoms with van der Waals surface area (Å²) in [6.07, 6.45) is 5.08. The molecule has 1 saturated carbocycles. The molecule has 1 aliphatic rings. The van der Waals surface area contributed by atoms with Crippen LogP contribution in [0.25, 0.3) is 0 Å². The molecule has 1 atom stereocenters. The third-order valence-corrected chi connectivity index (χ3v) is 2.27. The van der Waals surface area contributed by atoms with Crippen LogP contribution in [-0.2, 0) is 6.42 Å². The van der Waals surface area contributed by atoms with Gasteiger partial charge in [0.05, 0.1) is 0 Å². The Morgan fingerprint density at radius 3 is 2.92 bits per heavy atom. The highest BCUT2D eigenvalue weighted by atomic mass is 14.8. The molecular weight excluding hydrogens is 162 g/mol. The van der Waals surface area contributed by atoms with Gasteiger partial charge in [-0.05, 0) is 25.8 Å². The number of rotatable bonds is 3. The first-order chi connectivity index (χ1) is 6.25. The van der Waals surface area contributed by atoms with E-state index in [1.807, 2.05) is 6.92 Å². The van der Waals surface area contributed by atoms with Gasteiger partial charge in [-0.15, -0.1) is 0 Å². The van der Waals surface area contributed by atoms with Gasteiger partial charge in [-0.3, -0.25) is 0 Å². The Morgan fingerprint density at radius 2 is 2.31 bits per heavy atom. The Kier molecular flexibility index (Phi) is 2.27. The maximum absolute atomic E-state index is 5.71. The van der Waals surface area contributed by atoms with Crippen molar-refractivity contribution in [2.75, 3.05) is 0 Å². The molecule has 2 N–H and O–H groups in total. The van der Waals surface area contributed by atoms with Crippen molar-refractivity contribution in [2.24, 2.45) is 5.73 Å². The minimum atomic E-state index is 0.182. The van der Waals surface area contributed by atoms with Crippen molar-refractivity contribution < 1.29 is 0 Å². The molecule has 1 aromatic rings. The van der Waals surface area contributed by atoms with Crippen LogP contribution >= 0.6 is 0 Å². The Hall–Kier alpha value is -0.960. The second-order valence-electron chi connectivity index (χ2n) is 3.89. The fourth-order valence-electron chi connectivity index (χ4n) is 1.46. The first-order valence-electron chi connectivity index (χ1n) is 4.82. The second-order valence-corrected chi connectivity index (χ2v) is 3.89. The average molecular weight is 177 g/mol. The zero-order valence-electron chi connectivity index (χ0n) is 7.90. The minimum Gasteiger partial charge on any atom is -0.328 e. The molecule has 1 heterocycles. The van der Waals surface area contributed by atoms with Crippen molar-refractivity contribution in [3.8, 4) is 0 Å². The SMILES string of the molecule is CC(N)Cc1cc(C2CC2)ncn1. The summed E-state index contributed by atoms with van der Waals surface area (Å²) in [5, 5.41) is 0. The molecule has 0 aliphatic heterocycles. The van der Waals surface area contributed by atoms with Gasteiger partial charge in [0.1, 0.15) is 6.33 Å². The normalized spacial score (nSPS) is 18.6. The molecule has 0 radical (unpaired) electrons. The lowest BCUT2D eigenvalue weighted by molar-refractivity contribution is 0.716. The molecule has 0 aromatic carbocycles. The first-order valence-corrected chi connectivity index (χ1v) is 4.82. The molecule has 0 spiro atoms. The van der Waals surface area contributed by atoms with Crippen LogP contribution in [0.1, 0.15) is 37.1 Å². The zero-order chi connectivity index (χ0) is 9.26. The summed E-state index contributed by atoms with van der Waals surface area (Å²) in [7, 11) is 0. The second kappa shape index (κ2) is 3.42. The van der Waals surface area contributed by atoms with Gasteiger partial charge in [0, 0.05) is 29.8 Å². The molecule has 1 aromatic heterocycles. The van der Waals surface area contributed by atoms with Gasteiger partial charge in [-0.1, -0.05) is 0 Å². The van der Waals surface area contributed by atoms with Crippen LogP contribution in [0.3, 0.4) is 0 Å². The van der Waals surface area contributed by atoms with Crippen molar-refractivity contribution in [1.29, 1.82) is 0 Å². The number of nitrogens with zero attached hydrogens (tertiary/aromatic N) is 2. The molecule has 1 unspecified atom stereocenters. The summed E-state index contributed by atoms with van der Waals surface area (Å²) in [5.74, 6) is 0.704. The summed E-state index contributed by atoms with van der Waals surface area (Å²) in [5.41, 5.74) is 7.98. The van der Waals surface area contributed by atoms with E-state index in [-0.39, 0.29) is 6.04 Å². The van der Waals surface area contributed by atoms with Gasteiger partial charge in [0.2, 0.25) is 0 Å². The van der Waals surface area contributed by atoms with E-state index in [2.05, 4.69) is 16.0 Å². The standard InChI is InChI=1S/C10H15N3/c1-7(11)4-9-5-10(8-2-3-8)13-6-12-9/h5-8H,2-4,11H2,1H3. The largest absolute Gasteiger partial charge is 0.328 e. The Morgan fingerprint density at radius 1 is 1.54 bits per heavy atom. The molecule has 1 aliphatic carbocycles. The quantitative estimate of drug-likeness (QED) is 0.755. The van der Waals surface area contributed by atoms with Crippen molar-refractivity contribution in [3.63, 3.8) is 0 Å². The third kappa shape index (κ3) is 2.25. The van der Waals surface area contributed by atoms with Crippen LogP contribution in [0.5, 0.6) is 0 Å². The topological polar surface area (TPSA) is 51.8 Å². The van der Waals surface area contributed by atoms with Gasteiger partial charge >= 0.3 is 0 Å². The Labute approximate surface area is 78.4 Å². The van der Waals surface area contributed by atoms with E-state index in [4.69, 9.17) is 5.73 Å². The van der Waals surface area contributed by atoms with E-state index in [0.29, 0.717) is 5.92 Å². The van der Waals surface area contributed by atoms with E-state index >= 15 is 0 Å². The summed E-state index contributed by atoms with van der Waals surface area (Å²) >= 11 is 0. The highest BCUT2D eigenvalue weighted by Gasteiger charge is 2.25. The number of hydrogen-bond donors (Lipinski definition) is 1. The maximum atomic E-state index is 5.71. The van der Waals surface area contributed by atoms with Gasteiger partial charge in [0.15, 0.2) is 0 Å². The monoisotopic (exact) mass is 177 g/mol. The molecule has 3 heteroatoms. The molecule has 1 fully saturated rings. The van der Waals surface area contributed by atoms with Crippen LogP contribution in [0, 0.1) is 0 Å². The highest BCUT2D eigenvalue weighted by Crippen LogP contribution is 2.38. The lowest BCUT2D eigenvalue weighted by Gasteiger charge is -2.04. The number of aromatic nitrogens is 2. The van der Waals surface area contributed by atoms with Crippen molar-refractivity contribution in [1.82, 2.24) is 9.97 Å². The summed E-state index contributed by atoms with van der Waals surface area (Å²) in [6.45, 7) is 2.00. The fraction of sp³-hybridized carbons (Fsp3) is 0.600. The van der Waals surface area contributed by atoms with E-state index in [1.54, 1.807) is 6.33 Å². The van der Waals surface area contributed by atoms with Crippen molar-refractivity contribution >= 4 is 0 Å². The van der Waals surface area contributed by atoms with Gasteiger partial charge in [-0.25, -0.2) is 9.97 Å². The first kappa shape index (κ1) is 8.63. The van der Waals surface area contributed by atoms with Crippen molar-refractivity contribution in [2.45, 2.75) is 38.1 Å². The van der Waals surface area contributed by atoms with Gasteiger partial charge in [0.25, 0.3) is 0 Å². The van der Waals surface area contributed by atoms with Crippen LogP contribution in [0.2, 0.25) is 0 Å². The fourth-order valence-corrected chi connectivity index (χ4v) is 1.46. The highest BCUT2D eigenvalue weighted by molar-refractivity contribution is 5.17. The smallest absolute Gasteiger partial charge is 0.115 e. The van der Waals surface area contributed by atoms with Crippen LogP contribution in [-0.4, -0.2) is 16.0 Å². The Bertz CT molecular complexity index is 292. The van der Waals surface area contributed by atoms with E-state index < -0.39 is 0 Å². The van der Waals surface area contributed by atoms with E-state index in [1.165, 1.54) is 18.5 Å². The van der Waals surface area contributed by atoms with E-state index in [9.17, 15) is 0 Å². The maximum Gasteiger partial charge on any atom is 0.115 e. The van der Waals surface area contributed by atoms with Gasteiger partial charge in [-0.2, -0.15) is 0 Å². The van der Waals surface area contributed by atoms with E-state index in [0.717, 1.165) is 12.1 Å². The van der Waals surface area contributed by atoms with Crippen LogP contribution in [0.4, 0.5) is 0 Å². The summed E-state index contributed by atoms with van der Waals surface area (Å²) < 4.78 is 0. The molecule has 70 valence electrons. The third-order valence-electron chi connectivity index (χ3n) is 2.27. The molecule has 2 rings (SSSR count). The zero-order valence-corrected chi connectivity index (χ0v) is 7.90. The predicted octanol–water partition coefficient (Wildman–Crippen LogP) is 1.24. The summed E-state index contributed by atoms with van der Waals surface area (Å²) in [6, 6.07) is 2.28. The number of nitrogens with two attached hydrogens (primary N) is 1. The minimum absolute atomic E-state index is 0.182. The van der Waals surface area contributed by atoms with Crippen LogP contribution < -0.4 is 5.73 Å². The molecule has 0 bridgehead atoms. The molecular formula is C10H15N3. The number of hydrogen-bond acceptors (Lipinski definition) is 3. The average Bonchev–Trinajstić information content (AvgIpc) is 2.85. The van der Waals surface area contributed by atoms with Gasteiger partial charge < -0.3 is 5.73 Å². The van der Waals surface area contributed by atoms with Crippen molar-refractivity contribution in [3.05, 3.63) is 23.8 Å². The Balaban J connectivity index is 2.12. The molecule has 13 heavy (non-hydrogen) atoms. The molecule has 3 nitrogen and oxygen atoms in total. The predicted molar refractivity (Wildman–Crippen MR) is 51.4 cm³/mol. The lowest BCUT2D eigenvalue weighted by atomic mass is 10.1. The molecule has 0 amide bonds. The van der Waals surface area contributed by atoms with Crippen LogP contribution in [0.15, 0.2) is 12.4 Å². The summed E-state index contributed by atoms with van der Waals surface area (Å²) in [4.78, 5) is 8.46. The molecule has 0 saturated heterocycles. The lowest BCUT2D eigenvalue weighted by Crippen LogP contribution is -2.18.